The zero-order valence-corrected chi connectivity index (χ0v) is 20.5. The summed E-state index contributed by atoms with van der Waals surface area (Å²) < 4.78 is 16.9. The van der Waals surface area contributed by atoms with Crippen LogP contribution in [0, 0.1) is 0 Å². The minimum atomic E-state index is -1.07. The van der Waals surface area contributed by atoms with E-state index in [-0.39, 0.29) is 37.0 Å². The summed E-state index contributed by atoms with van der Waals surface area (Å²) in [5.41, 5.74) is 0.226. The van der Waals surface area contributed by atoms with E-state index in [1.807, 2.05) is 0 Å². The van der Waals surface area contributed by atoms with Crippen molar-refractivity contribution in [3.63, 3.8) is 0 Å². The standard InChI is InChI=1S/C27H32O10/c28-23(29)7-5-3-1-2-4-6-8-24(30)37-25(36-22-15-11-20(12-16-22)27(33)34)17-18-35-21-13-9-19(10-14-21)26(31)32/h9-16,25H,1-8,17-18H2,(H,28,29)(H,31,32)(H,33,34). The summed E-state index contributed by atoms with van der Waals surface area (Å²) in [7, 11) is 0. The van der Waals surface area contributed by atoms with Gasteiger partial charge in [0.05, 0.1) is 24.2 Å². The summed E-state index contributed by atoms with van der Waals surface area (Å²) >= 11 is 0. The molecule has 0 heterocycles. The maximum atomic E-state index is 12.4. The number of carbonyl (C=O) groups is 4. The molecule has 1 unspecified atom stereocenters. The molecule has 0 amide bonds. The van der Waals surface area contributed by atoms with Gasteiger partial charge in [-0.05, 0) is 61.4 Å². The van der Waals surface area contributed by atoms with Crippen molar-refractivity contribution in [3.05, 3.63) is 59.7 Å². The zero-order valence-electron chi connectivity index (χ0n) is 20.5. The maximum absolute atomic E-state index is 12.4. The molecule has 10 heteroatoms. The molecule has 2 rings (SSSR count). The summed E-state index contributed by atoms with van der Waals surface area (Å²) in [6.07, 6.45) is 4.32. The first-order chi connectivity index (χ1) is 17.7. The molecule has 2 aromatic carbocycles. The van der Waals surface area contributed by atoms with Gasteiger partial charge in [0.15, 0.2) is 0 Å². The Bertz CT molecular complexity index is 1010. The van der Waals surface area contributed by atoms with Gasteiger partial charge in [0.2, 0.25) is 6.29 Å². The molecule has 0 fully saturated rings. The van der Waals surface area contributed by atoms with Crippen LogP contribution in [0.1, 0.15) is 78.5 Å². The summed E-state index contributed by atoms with van der Waals surface area (Å²) in [6.45, 7) is 0.119. The van der Waals surface area contributed by atoms with E-state index in [2.05, 4.69) is 0 Å². The van der Waals surface area contributed by atoms with Crippen LogP contribution in [0.4, 0.5) is 0 Å². The first-order valence-corrected chi connectivity index (χ1v) is 12.1. The van der Waals surface area contributed by atoms with Crippen LogP contribution in [0.15, 0.2) is 48.5 Å². The lowest BCUT2D eigenvalue weighted by molar-refractivity contribution is -0.165. The van der Waals surface area contributed by atoms with Crippen LogP contribution in [0.25, 0.3) is 0 Å². The summed E-state index contributed by atoms with van der Waals surface area (Å²) in [5.74, 6) is -2.57. The zero-order chi connectivity index (χ0) is 27.0. The molecule has 0 spiro atoms. The van der Waals surface area contributed by atoms with Crippen LogP contribution in [-0.2, 0) is 14.3 Å². The molecule has 200 valence electrons. The highest BCUT2D eigenvalue weighted by atomic mass is 16.7. The second kappa shape index (κ2) is 15.8. The molecular formula is C27H32O10. The lowest BCUT2D eigenvalue weighted by atomic mass is 10.1. The number of rotatable bonds is 18. The van der Waals surface area contributed by atoms with Gasteiger partial charge in [-0.3, -0.25) is 9.59 Å². The van der Waals surface area contributed by atoms with E-state index in [9.17, 15) is 19.2 Å². The Kier molecular flexibility index (Phi) is 12.5. The summed E-state index contributed by atoms with van der Waals surface area (Å²) in [6, 6.07) is 11.6. The Hall–Kier alpha value is -4.08. The van der Waals surface area contributed by atoms with Gasteiger partial charge in [-0.1, -0.05) is 25.7 Å². The van der Waals surface area contributed by atoms with Gasteiger partial charge in [0.1, 0.15) is 11.5 Å². The fourth-order valence-corrected chi connectivity index (χ4v) is 3.39. The molecule has 0 saturated carbocycles. The lowest BCUT2D eigenvalue weighted by Crippen LogP contribution is -2.26. The Morgan fingerprint density at radius 3 is 1.65 bits per heavy atom. The van der Waals surface area contributed by atoms with Crippen molar-refractivity contribution in [2.75, 3.05) is 6.61 Å². The third-order valence-corrected chi connectivity index (χ3v) is 5.38. The SMILES string of the molecule is O=C(O)CCCCCCCCC(=O)OC(CCOc1ccc(C(=O)O)cc1)Oc1ccc(C(=O)O)cc1. The Morgan fingerprint density at radius 2 is 1.14 bits per heavy atom. The fourth-order valence-electron chi connectivity index (χ4n) is 3.39. The number of hydrogen-bond acceptors (Lipinski definition) is 7. The molecule has 0 bridgehead atoms. The monoisotopic (exact) mass is 516 g/mol. The number of unbranched alkanes of at least 4 members (excludes halogenated alkanes) is 5. The molecule has 0 aliphatic carbocycles. The number of aromatic carboxylic acids is 2. The van der Waals surface area contributed by atoms with Crippen LogP contribution in [0.5, 0.6) is 11.5 Å². The molecular weight excluding hydrogens is 484 g/mol. The van der Waals surface area contributed by atoms with Gasteiger partial charge in [-0.25, -0.2) is 9.59 Å². The molecule has 2 aromatic rings. The third kappa shape index (κ3) is 11.9. The van der Waals surface area contributed by atoms with Crippen LogP contribution in [-0.4, -0.2) is 52.1 Å². The van der Waals surface area contributed by atoms with Crippen LogP contribution >= 0.6 is 0 Å². The molecule has 1 atom stereocenters. The number of carboxylic acid groups (broad SMARTS) is 3. The Balaban J connectivity index is 1.84. The van der Waals surface area contributed by atoms with Crippen LogP contribution in [0.3, 0.4) is 0 Å². The van der Waals surface area contributed by atoms with E-state index < -0.39 is 30.2 Å². The van der Waals surface area contributed by atoms with Gasteiger partial charge >= 0.3 is 23.9 Å². The molecule has 10 nitrogen and oxygen atoms in total. The smallest absolute Gasteiger partial charge is 0.335 e. The molecule has 3 N–H and O–H groups in total. The van der Waals surface area contributed by atoms with Crippen molar-refractivity contribution in [1.82, 2.24) is 0 Å². The third-order valence-electron chi connectivity index (χ3n) is 5.38. The molecule has 0 saturated heterocycles. The molecule has 0 aromatic heterocycles. The second-order valence-electron chi connectivity index (χ2n) is 8.35. The van der Waals surface area contributed by atoms with Crippen molar-refractivity contribution < 1.29 is 48.7 Å². The van der Waals surface area contributed by atoms with E-state index in [1.165, 1.54) is 48.5 Å². The first-order valence-electron chi connectivity index (χ1n) is 12.1. The van der Waals surface area contributed by atoms with Gasteiger partial charge in [-0.15, -0.1) is 0 Å². The minimum Gasteiger partial charge on any atom is -0.493 e. The highest BCUT2D eigenvalue weighted by molar-refractivity contribution is 5.88. The fraction of sp³-hybridized carbons (Fsp3) is 0.407. The minimum absolute atomic E-state index is 0.0944. The van der Waals surface area contributed by atoms with Gasteiger partial charge in [0, 0.05) is 12.8 Å². The normalized spacial score (nSPS) is 11.4. The van der Waals surface area contributed by atoms with Gasteiger partial charge < -0.3 is 29.5 Å². The number of aliphatic carboxylic acids is 1. The number of carbonyl (C=O) groups excluding carboxylic acids is 1. The van der Waals surface area contributed by atoms with Gasteiger partial charge in [0.25, 0.3) is 0 Å². The van der Waals surface area contributed by atoms with Crippen molar-refractivity contribution in [2.45, 2.75) is 64.1 Å². The topological polar surface area (TPSA) is 157 Å². The largest absolute Gasteiger partial charge is 0.493 e. The average molecular weight is 517 g/mol. The van der Waals surface area contributed by atoms with E-state index in [4.69, 9.17) is 29.5 Å². The molecule has 0 aliphatic heterocycles. The quantitative estimate of drug-likeness (QED) is 0.140. The average Bonchev–Trinajstić information content (AvgIpc) is 2.86. The highest BCUT2D eigenvalue weighted by Gasteiger charge is 2.17. The van der Waals surface area contributed by atoms with E-state index in [0.29, 0.717) is 24.3 Å². The maximum Gasteiger partial charge on any atom is 0.335 e. The Labute approximate surface area is 214 Å². The highest BCUT2D eigenvalue weighted by Crippen LogP contribution is 2.18. The van der Waals surface area contributed by atoms with Crippen LogP contribution in [0.2, 0.25) is 0 Å². The van der Waals surface area contributed by atoms with Crippen molar-refractivity contribution in [1.29, 1.82) is 0 Å². The van der Waals surface area contributed by atoms with E-state index in [1.54, 1.807) is 0 Å². The number of carboxylic acids is 3. The van der Waals surface area contributed by atoms with E-state index >= 15 is 0 Å². The number of esters is 1. The molecule has 0 radical (unpaired) electrons. The Morgan fingerprint density at radius 1 is 0.649 bits per heavy atom. The number of ether oxygens (including phenoxy) is 3. The van der Waals surface area contributed by atoms with Crippen molar-refractivity contribution in [2.24, 2.45) is 0 Å². The predicted octanol–water partition coefficient (Wildman–Crippen LogP) is 5.01. The first kappa shape index (κ1) is 29.2. The summed E-state index contributed by atoms with van der Waals surface area (Å²) in [5, 5.41) is 26.7. The predicted molar refractivity (Wildman–Crippen MR) is 132 cm³/mol. The van der Waals surface area contributed by atoms with Gasteiger partial charge in [-0.2, -0.15) is 0 Å². The van der Waals surface area contributed by atoms with Crippen LogP contribution < -0.4 is 9.47 Å². The second-order valence-corrected chi connectivity index (χ2v) is 8.35. The van der Waals surface area contributed by atoms with Crippen molar-refractivity contribution >= 4 is 23.9 Å². The lowest BCUT2D eigenvalue weighted by Gasteiger charge is -2.20. The number of benzene rings is 2. The number of hydrogen-bond donors (Lipinski definition) is 3. The van der Waals surface area contributed by atoms with E-state index in [0.717, 1.165) is 25.7 Å². The molecule has 0 aliphatic rings. The molecule has 37 heavy (non-hydrogen) atoms. The van der Waals surface area contributed by atoms with Crippen molar-refractivity contribution in [3.8, 4) is 11.5 Å². The summed E-state index contributed by atoms with van der Waals surface area (Å²) in [4.78, 5) is 44.9.